The molecular formula is C22H37IN4O2. The molecule has 1 saturated carbocycles. The van der Waals surface area contributed by atoms with Crippen molar-refractivity contribution in [3.63, 3.8) is 0 Å². The summed E-state index contributed by atoms with van der Waals surface area (Å²) >= 11 is 0. The van der Waals surface area contributed by atoms with Crippen LogP contribution in [0.4, 0.5) is 0 Å². The quantitative estimate of drug-likeness (QED) is 0.253. The molecule has 0 aromatic heterocycles. The van der Waals surface area contributed by atoms with Gasteiger partial charge in [0.1, 0.15) is 0 Å². The molecule has 7 heteroatoms. The van der Waals surface area contributed by atoms with Gasteiger partial charge in [-0.3, -0.25) is 9.79 Å². The molecule has 0 radical (unpaired) electrons. The molecule has 6 nitrogen and oxygen atoms in total. The van der Waals surface area contributed by atoms with E-state index in [1.54, 1.807) is 7.05 Å². The minimum absolute atomic E-state index is 0. The van der Waals surface area contributed by atoms with Crippen molar-refractivity contribution in [3.05, 3.63) is 35.9 Å². The van der Waals surface area contributed by atoms with Gasteiger partial charge in [0.2, 0.25) is 5.91 Å². The molecule has 2 rings (SSSR count). The summed E-state index contributed by atoms with van der Waals surface area (Å²) in [6.45, 7) is 4.81. The average molecular weight is 516 g/mol. The Morgan fingerprint density at radius 3 is 2.59 bits per heavy atom. The van der Waals surface area contributed by atoms with Crippen molar-refractivity contribution in [2.45, 2.75) is 58.1 Å². The molecule has 3 N–H and O–H groups in total. The first-order valence-corrected chi connectivity index (χ1v) is 10.5. The average Bonchev–Trinajstić information content (AvgIpc) is 2.72. The largest absolute Gasteiger partial charge is 0.376 e. The molecule has 0 saturated heterocycles. The first-order chi connectivity index (χ1) is 13.7. The van der Waals surface area contributed by atoms with Gasteiger partial charge in [0.05, 0.1) is 13.2 Å². The van der Waals surface area contributed by atoms with E-state index in [0.29, 0.717) is 38.1 Å². The Balaban J connectivity index is 0.00000420. The van der Waals surface area contributed by atoms with Gasteiger partial charge in [0.15, 0.2) is 5.96 Å². The highest BCUT2D eigenvalue weighted by Crippen LogP contribution is 2.17. The van der Waals surface area contributed by atoms with Gasteiger partial charge in [0.25, 0.3) is 0 Å². The Bertz CT molecular complexity index is 592. The lowest BCUT2D eigenvalue weighted by Gasteiger charge is -2.23. The van der Waals surface area contributed by atoms with Crippen LogP contribution < -0.4 is 16.0 Å². The lowest BCUT2D eigenvalue weighted by Crippen LogP contribution is -2.42. The maximum atomic E-state index is 12.1. The number of hydrogen-bond acceptors (Lipinski definition) is 3. The fraction of sp³-hybridized carbons (Fsp3) is 0.636. The second kappa shape index (κ2) is 15.5. The third kappa shape index (κ3) is 11.4. The number of hydrogen-bond donors (Lipinski definition) is 3. The molecular weight excluding hydrogens is 479 g/mol. The number of halogens is 1. The molecule has 0 spiro atoms. The zero-order chi connectivity index (χ0) is 20.0. The SMILES string of the molecule is CN=C(NCCC(=O)NC1CCCCC1)NCC(C)COCc1ccccc1.I. The van der Waals surface area contributed by atoms with E-state index in [-0.39, 0.29) is 29.9 Å². The highest BCUT2D eigenvalue weighted by molar-refractivity contribution is 14.0. The van der Waals surface area contributed by atoms with Crippen molar-refractivity contribution in [1.29, 1.82) is 0 Å². The lowest BCUT2D eigenvalue weighted by atomic mass is 9.95. The topological polar surface area (TPSA) is 74.8 Å². The molecule has 1 amide bonds. The van der Waals surface area contributed by atoms with Crippen LogP contribution in [0.3, 0.4) is 0 Å². The van der Waals surface area contributed by atoms with Gasteiger partial charge in [0, 0.05) is 32.6 Å². The predicted molar refractivity (Wildman–Crippen MR) is 130 cm³/mol. The number of nitrogens with one attached hydrogen (secondary N) is 3. The number of carbonyl (C=O) groups excluding carboxylic acids is 1. The number of amides is 1. The second-order valence-electron chi connectivity index (χ2n) is 7.64. The Hall–Kier alpha value is -1.35. The van der Waals surface area contributed by atoms with Gasteiger partial charge in [-0.05, 0) is 24.3 Å². The molecule has 1 aliphatic carbocycles. The Kier molecular flexibility index (Phi) is 13.7. The maximum absolute atomic E-state index is 12.1. The smallest absolute Gasteiger partial charge is 0.221 e. The van der Waals surface area contributed by atoms with Crippen molar-refractivity contribution in [2.24, 2.45) is 10.9 Å². The zero-order valence-electron chi connectivity index (χ0n) is 17.8. The monoisotopic (exact) mass is 516 g/mol. The van der Waals surface area contributed by atoms with Gasteiger partial charge in [-0.2, -0.15) is 0 Å². The number of carbonyl (C=O) groups is 1. The van der Waals surface area contributed by atoms with Crippen molar-refractivity contribution < 1.29 is 9.53 Å². The number of guanidine groups is 1. The van der Waals surface area contributed by atoms with Gasteiger partial charge in [-0.15, -0.1) is 24.0 Å². The minimum atomic E-state index is 0. The highest BCUT2D eigenvalue weighted by atomic mass is 127. The molecule has 0 heterocycles. The molecule has 1 atom stereocenters. The van der Waals surface area contributed by atoms with Crippen LogP contribution in [0.25, 0.3) is 0 Å². The third-order valence-corrected chi connectivity index (χ3v) is 4.97. The summed E-state index contributed by atoms with van der Waals surface area (Å²) in [5.41, 5.74) is 1.19. The summed E-state index contributed by atoms with van der Waals surface area (Å²) in [6.07, 6.45) is 6.46. The summed E-state index contributed by atoms with van der Waals surface area (Å²) < 4.78 is 5.78. The minimum Gasteiger partial charge on any atom is -0.376 e. The molecule has 164 valence electrons. The Morgan fingerprint density at radius 1 is 1.17 bits per heavy atom. The van der Waals surface area contributed by atoms with E-state index in [2.05, 4.69) is 40.0 Å². The Labute approximate surface area is 192 Å². The molecule has 0 bridgehead atoms. The van der Waals surface area contributed by atoms with E-state index < -0.39 is 0 Å². The van der Waals surface area contributed by atoms with Crippen LogP contribution in [0.2, 0.25) is 0 Å². The number of nitrogens with zero attached hydrogens (tertiary/aromatic N) is 1. The second-order valence-corrected chi connectivity index (χ2v) is 7.64. The van der Waals surface area contributed by atoms with Crippen LogP contribution in [-0.2, 0) is 16.1 Å². The molecule has 0 aliphatic heterocycles. The molecule has 1 fully saturated rings. The molecule has 1 unspecified atom stereocenters. The van der Waals surface area contributed by atoms with Gasteiger partial charge in [-0.1, -0.05) is 56.5 Å². The standard InChI is InChI=1S/C22H36N4O2.HI/c1-18(16-28-17-19-9-5-3-6-10-19)15-25-22(23-2)24-14-13-21(27)26-20-11-7-4-8-12-20;/h3,5-6,9-10,18,20H,4,7-8,11-17H2,1-2H3,(H,26,27)(H2,23,24,25);1H. The normalized spacial score (nSPS) is 15.9. The van der Waals surface area contributed by atoms with Crippen molar-refractivity contribution in [2.75, 3.05) is 26.7 Å². The molecule has 1 aromatic rings. The van der Waals surface area contributed by atoms with Crippen LogP contribution in [-0.4, -0.2) is 44.7 Å². The van der Waals surface area contributed by atoms with Crippen LogP contribution in [0, 0.1) is 5.92 Å². The first kappa shape index (κ1) is 25.7. The summed E-state index contributed by atoms with van der Waals surface area (Å²) in [5.74, 6) is 1.20. The highest BCUT2D eigenvalue weighted by Gasteiger charge is 2.15. The van der Waals surface area contributed by atoms with Crippen LogP contribution >= 0.6 is 24.0 Å². The van der Waals surface area contributed by atoms with E-state index in [1.807, 2.05) is 18.2 Å². The summed E-state index contributed by atoms with van der Waals surface area (Å²) in [5, 5.41) is 9.65. The third-order valence-electron chi connectivity index (χ3n) is 4.97. The van der Waals surface area contributed by atoms with Crippen molar-refractivity contribution >= 4 is 35.8 Å². The Morgan fingerprint density at radius 2 is 1.90 bits per heavy atom. The fourth-order valence-corrected chi connectivity index (χ4v) is 3.34. The van der Waals surface area contributed by atoms with Crippen molar-refractivity contribution in [3.8, 4) is 0 Å². The summed E-state index contributed by atoms with van der Waals surface area (Å²) in [6, 6.07) is 10.6. The van der Waals surface area contributed by atoms with Gasteiger partial charge in [-0.25, -0.2) is 0 Å². The molecule has 1 aromatic carbocycles. The van der Waals surface area contributed by atoms with Crippen LogP contribution in [0.1, 0.15) is 51.0 Å². The number of aliphatic imine (C=N–C) groups is 1. The number of ether oxygens (including phenoxy) is 1. The summed E-state index contributed by atoms with van der Waals surface area (Å²) in [7, 11) is 1.74. The van der Waals surface area contributed by atoms with Gasteiger partial charge >= 0.3 is 0 Å². The van der Waals surface area contributed by atoms with E-state index in [4.69, 9.17) is 4.74 Å². The summed E-state index contributed by atoms with van der Waals surface area (Å²) in [4.78, 5) is 16.3. The lowest BCUT2D eigenvalue weighted by molar-refractivity contribution is -0.121. The van der Waals surface area contributed by atoms with Crippen LogP contribution in [0.15, 0.2) is 35.3 Å². The van der Waals surface area contributed by atoms with E-state index in [9.17, 15) is 4.79 Å². The molecule has 29 heavy (non-hydrogen) atoms. The van der Waals surface area contributed by atoms with E-state index in [0.717, 1.165) is 25.3 Å². The number of benzene rings is 1. The fourth-order valence-electron chi connectivity index (χ4n) is 3.34. The van der Waals surface area contributed by atoms with E-state index in [1.165, 1.54) is 24.8 Å². The predicted octanol–water partition coefficient (Wildman–Crippen LogP) is 3.46. The van der Waals surface area contributed by atoms with Crippen LogP contribution in [0.5, 0.6) is 0 Å². The maximum Gasteiger partial charge on any atom is 0.221 e. The zero-order valence-corrected chi connectivity index (χ0v) is 20.1. The van der Waals surface area contributed by atoms with E-state index >= 15 is 0 Å². The number of rotatable bonds is 10. The van der Waals surface area contributed by atoms with Gasteiger partial charge < -0.3 is 20.7 Å². The van der Waals surface area contributed by atoms with Crippen molar-refractivity contribution in [1.82, 2.24) is 16.0 Å². The molecule has 1 aliphatic rings. The first-order valence-electron chi connectivity index (χ1n) is 10.5.